The summed E-state index contributed by atoms with van der Waals surface area (Å²) in [6.07, 6.45) is 2.13. The predicted octanol–water partition coefficient (Wildman–Crippen LogP) is 3.50. The molecule has 124 valence electrons. The van der Waals surface area contributed by atoms with Crippen LogP contribution in [0.5, 0.6) is 0 Å². The number of carbonyl (C=O) groups is 2. The van der Waals surface area contributed by atoms with Gasteiger partial charge in [-0.1, -0.05) is 30.3 Å². The summed E-state index contributed by atoms with van der Waals surface area (Å²) in [4.78, 5) is 24.6. The highest BCUT2D eigenvalue weighted by Gasteiger charge is 2.29. The highest BCUT2D eigenvalue weighted by molar-refractivity contribution is 5.99. The van der Waals surface area contributed by atoms with Crippen LogP contribution >= 0.6 is 0 Å². The van der Waals surface area contributed by atoms with E-state index in [0.29, 0.717) is 17.3 Å². The molecule has 0 bridgehead atoms. The van der Waals surface area contributed by atoms with Gasteiger partial charge in [0.15, 0.2) is 0 Å². The van der Waals surface area contributed by atoms with Gasteiger partial charge in [-0.15, -0.1) is 0 Å². The molecular weight excluding hydrogens is 300 g/mol. The maximum absolute atomic E-state index is 12.6. The molecule has 0 unspecified atom stereocenters. The third-order valence-electron chi connectivity index (χ3n) is 4.38. The van der Waals surface area contributed by atoms with E-state index in [1.54, 1.807) is 24.3 Å². The fourth-order valence-electron chi connectivity index (χ4n) is 2.47. The van der Waals surface area contributed by atoms with Crippen molar-refractivity contribution < 1.29 is 9.59 Å². The summed E-state index contributed by atoms with van der Waals surface area (Å²) in [6, 6.07) is 17.0. The van der Waals surface area contributed by atoms with Crippen molar-refractivity contribution in [2.24, 2.45) is 0 Å². The Balaban J connectivity index is 1.66. The maximum atomic E-state index is 12.6. The van der Waals surface area contributed by atoms with Gasteiger partial charge in [0.2, 0.25) is 5.91 Å². The average molecular weight is 322 g/mol. The lowest BCUT2D eigenvalue weighted by Gasteiger charge is -2.24. The molecular formula is C20H22N2O2. The largest absolute Gasteiger partial charge is 0.349 e. The molecule has 0 saturated heterocycles. The normalized spacial score (nSPS) is 14.1. The fraction of sp³-hybridized carbons (Fsp3) is 0.300. The minimum absolute atomic E-state index is 0.0556. The number of nitrogens with one attached hydrogen (secondary N) is 2. The van der Waals surface area contributed by atoms with Gasteiger partial charge in [0.25, 0.3) is 5.91 Å². The zero-order chi connectivity index (χ0) is 17.2. The molecule has 2 aromatic carbocycles. The molecule has 0 spiro atoms. The van der Waals surface area contributed by atoms with Crippen molar-refractivity contribution in [1.82, 2.24) is 5.32 Å². The van der Waals surface area contributed by atoms with Crippen molar-refractivity contribution in [3.8, 4) is 0 Å². The van der Waals surface area contributed by atoms with Crippen molar-refractivity contribution in [2.75, 3.05) is 5.32 Å². The number of anilines is 1. The smallest absolute Gasteiger partial charge is 0.251 e. The van der Waals surface area contributed by atoms with Gasteiger partial charge in [0, 0.05) is 17.3 Å². The highest BCUT2D eigenvalue weighted by atomic mass is 16.2. The summed E-state index contributed by atoms with van der Waals surface area (Å²) in [5.41, 5.74) is 1.63. The first kappa shape index (κ1) is 16.2. The monoisotopic (exact) mass is 322 g/mol. The predicted molar refractivity (Wildman–Crippen MR) is 95.0 cm³/mol. The molecule has 0 heterocycles. The van der Waals surface area contributed by atoms with E-state index in [-0.39, 0.29) is 11.8 Å². The summed E-state index contributed by atoms with van der Waals surface area (Å²) in [6.45, 7) is 3.80. The Labute approximate surface area is 142 Å². The Morgan fingerprint density at radius 1 is 0.958 bits per heavy atom. The van der Waals surface area contributed by atoms with Crippen LogP contribution in [0.2, 0.25) is 0 Å². The second-order valence-electron chi connectivity index (χ2n) is 6.77. The summed E-state index contributed by atoms with van der Waals surface area (Å²) < 4.78 is 0. The van der Waals surface area contributed by atoms with Gasteiger partial charge < -0.3 is 10.6 Å². The van der Waals surface area contributed by atoms with Gasteiger partial charge in [-0.2, -0.15) is 0 Å². The SMILES string of the molecule is CC(C)(C(=O)Nc1ccc(C(=O)NC2CC2)cc1)c1ccccc1. The third-order valence-corrected chi connectivity index (χ3v) is 4.38. The van der Waals surface area contributed by atoms with Crippen LogP contribution in [0.25, 0.3) is 0 Å². The number of carbonyl (C=O) groups excluding carboxylic acids is 2. The topological polar surface area (TPSA) is 58.2 Å². The quantitative estimate of drug-likeness (QED) is 0.885. The van der Waals surface area contributed by atoms with Crippen molar-refractivity contribution >= 4 is 17.5 Å². The lowest BCUT2D eigenvalue weighted by Crippen LogP contribution is -2.34. The van der Waals surface area contributed by atoms with Gasteiger partial charge in [0.1, 0.15) is 0 Å². The minimum Gasteiger partial charge on any atom is -0.349 e. The molecule has 1 aliphatic rings. The molecule has 24 heavy (non-hydrogen) atoms. The first-order valence-corrected chi connectivity index (χ1v) is 8.25. The van der Waals surface area contributed by atoms with E-state index in [9.17, 15) is 9.59 Å². The summed E-state index contributed by atoms with van der Waals surface area (Å²) in [5.74, 6) is -0.135. The number of amides is 2. The van der Waals surface area contributed by atoms with E-state index in [2.05, 4.69) is 10.6 Å². The second-order valence-corrected chi connectivity index (χ2v) is 6.77. The molecule has 4 heteroatoms. The van der Waals surface area contributed by atoms with Crippen LogP contribution in [0.1, 0.15) is 42.6 Å². The number of hydrogen-bond donors (Lipinski definition) is 2. The Morgan fingerprint density at radius 3 is 2.17 bits per heavy atom. The van der Waals surface area contributed by atoms with Crippen molar-refractivity contribution in [3.05, 3.63) is 65.7 Å². The first-order valence-electron chi connectivity index (χ1n) is 8.25. The van der Waals surface area contributed by atoms with Gasteiger partial charge in [-0.05, 0) is 56.5 Å². The number of benzene rings is 2. The van der Waals surface area contributed by atoms with Gasteiger partial charge >= 0.3 is 0 Å². The zero-order valence-corrected chi connectivity index (χ0v) is 14.0. The maximum Gasteiger partial charge on any atom is 0.251 e. The highest BCUT2D eigenvalue weighted by Crippen LogP contribution is 2.25. The molecule has 1 saturated carbocycles. The number of hydrogen-bond acceptors (Lipinski definition) is 2. The lowest BCUT2D eigenvalue weighted by molar-refractivity contribution is -0.120. The van der Waals surface area contributed by atoms with Crippen LogP contribution < -0.4 is 10.6 Å². The van der Waals surface area contributed by atoms with Crippen molar-refractivity contribution in [2.45, 2.75) is 38.1 Å². The second kappa shape index (κ2) is 6.48. The van der Waals surface area contributed by atoms with Crippen LogP contribution in [-0.2, 0) is 10.2 Å². The van der Waals surface area contributed by atoms with E-state index in [1.807, 2.05) is 44.2 Å². The van der Waals surface area contributed by atoms with E-state index in [4.69, 9.17) is 0 Å². The lowest BCUT2D eigenvalue weighted by atomic mass is 9.83. The molecule has 0 atom stereocenters. The van der Waals surface area contributed by atoms with Gasteiger partial charge in [-0.25, -0.2) is 0 Å². The molecule has 3 rings (SSSR count). The first-order chi connectivity index (χ1) is 11.5. The Hall–Kier alpha value is -2.62. The zero-order valence-electron chi connectivity index (χ0n) is 14.0. The van der Waals surface area contributed by atoms with E-state index in [1.165, 1.54) is 0 Å². The molecule has 2 amide bonds. The molecule has 0 aliphatic heterocycles. The van der Waals surface area contributed by atoms with E-state index < -0.39 is 5.41 Å². The molecule has 2 aromatic rings. The Kier molecular flexibility index (Phi) is 4.38. The van der Waals surface area contributed by atoms with Crippen LogP contribution in [-0.4, -0.2) is 17.9 Å². The van der Waals surface area contributed by atoms with Gasteiger partial charge in [-0.3, -0.25) is 9.59 Å². The summed E-state index contributed by atoms with van der Waals surface area (Å²) >= 11 is 0. The van der Waals surface area contributed by atoms with E-state index in [0.717, 1.165) is 18.4 Å². The third kappa shape index (κ3) is 3.65. The summed E-state index contributed by atoms with van der Waals surface area (Å²) in [7, 11) is 0. The van der Waals surface area contributed by atoms with Gasteiger partial charge in [0.05, 0.1) is 5.41 Å². The molecule has 0 aromatic heterocycles. The Morgan fingerprint density at radius 2 is 1.58 bits per heavy atom. The van der Waals surface area contributed by atoms with E-state index >= 15 is 0 Å². The Bertz CT molecular complexity index is 732. The molecule has 0 radical (unpaired) electrons. The minimum atomic E-state index is -0.636. The molecule has 1 aliphatic carbocycles. The van der Waals surface area contributed by atoms with Crippen molar-refractivity contribution in [1.29, 1.82) is 0 Å². The average Bonchev–Trinajstić information content (AvgIpc) is 3.40. The van der Waals surface area contributed by atoms with Crippen LogP contribution in [0.3, 0.4) is 0 Å². The fourth-order valence-corrected chi connectivity index (χ4v) is 2.47. The molecule has 4 nitrogen and oxygen atoms in total. The standard InChI is InChI=1S/C20H22N2O2/c1-20(2,15-6-4-3-5-7-15)19(24)22-17-10-8-14(9-11-17)18(23)21-16-12-13-16/h3-11,16H,12-13H2,1-2H3,(H,21,23)(H,22,24). The summed E-state index contributed by atoms with van der Waals surface area (Å²) in [5, 5.41) is 5.88. The van der Waals surface area contributed by atoms with Crippen LogP contribution in [0.15, 0.2) is 54.6 Å². The van der Waals surface area contributed by atoms with Crippen LogP contribution in [0.4, 0.5) is 5.69 Å². The van der Waals surface area contributed by atoms with Crippen LogP contribution in [0, 0.1) is 0 Å². The molecule has 2 N–H and O–H groups in total. The number of rotatable bonds is 5. The molecule has 1 fully saturated rings. The van der Waals surface area contributed by atoms with Crippen molar-refractivity contribution in [3.63, 3.8) is 0 Å².